The van der Waals surface area contributed by atoms with E-state index in [1.165, 1.54) is 0 Å². The van der Waals surface area contributed by atoms with Crippen LogP contribution >= 0.6 is 0 Å². The molecule has 1 aromatic carbocycles. The molecule has 0 saturated carbocycles. The molecular weight excluding hydrogens is 248 g/mol. The molecule has 0 aliphatic rings. The fraction of sp³-hybridized carbons (Fsp3) is 0.188. The van der Waals surface area contributed by atoms with E-state index < -0.39 is 0 Å². The largest absolute Gasteiger partial charge is 0.373 e. The molecule has 0 aliphatic carbocycles. The predicted octanol–water partition coefficient (Wildman–Crippen LogP) is 3.35. The second-order valence-electron chi connectivity index (χ2n) is 4.77. The maximum atomic E-state index is 4.59. The highest BCUT2D eigenvalue weighted by atomic mass is 15.0. The summed E-state index contributed by atoms with van der Waals surface area (Å²) in [4.78, 5) is 13.5. The maximum Gasteiger partial charge on any atom is 0.161 e. The standard InChI is InChI=1S/C16H16N4/c1-10-11(2)19-16(20-15(10)17-3)13-6-7-14-12(9-13)5-4-8-18-14/h4-9H,1-3H3,(H,17,19,20). The Balaban J connectivity index is 2.17. The van der Waals surface area contributed by atoms with Crippen molar-refractivity contribution >= 4 is 16.7 Å². The summed E-state index contributed by atoms with van der Waals surface area (Å²) in [5, 5.41) is 4.22. The van der Waals surface area contributed by atoms with Crippen LogP contribution < -0.4 is 5.32 Å². The monoisotopic (exact) mass is 264 g/mol. The van der Waals surface area contributed by atoms with Crippen molar-refractivity contribution in [2.45, 2.75) is 13.8 Å². The third-order valence-electron chi connectivity index (χ3n) is 3.49. The predicted molar refractivity (Wildman–Crippen MR) is 81.8 cm³/mol. The molecule has 0 radical (unpaired) electrons. The van der Waals surface area contributed by atoms with Crippen LogP contribution in [-0.2, 0) is 0 Å². The lowest BCUT2D eigenvalue weighted by Crippen LogP contribution is -2.02. The lowest BCUT2D eigenvalue weighted by atomic mass is 10.1. The van der Waals surface area contributed by atoms with Gasteiger partial charge in [0.15, 0.2) is 5.82 Å². The summed E-state index contributed by atoms with van der Waals surface area (Å²) in [6.45, 7) is 4.03. The van der Waals surface area contributed by atoms with Gasteiger partial charge in [-0.15, -0.1) is 0 Å². The Morgan fingerprint density at radius 1 is 1.05 bits per heavy atom. The molecule has 2 aromatic heterocycles. The zero-order valence-corrected chi connectivity index (χ0v) is 11.8. The number of hydrogen-bond donors (Lipinski definition) is 1. The van der Waals surface area contributed by atoms with Crippen molar-refractivity contribution in [1.29, 1.82) is 0 Å². The van der Waals surface area contributed by atoms with Crippen molar-refractivity contribution in [3.8, 4) is 11.4 Å². The number of hydrogen-bond acceptors (Lipinski definition) is 4. The van der Waals surface area contributed by atoms with Crippen LogP contribution in [0.15, 0.2) is 36.5 Å². The first-order valence-corrected chi connectivity index (χ1v) is 6.57. The van der Waals surface area contributed by atoms with Crippen molar-refractivity contribution < 1.29 is 0 Å². The molecule has 0 aliphatic heterocycles. The summed E-state index contributed by atoms with van der Waals surface area (Å²) in [5.41, 5.74) is 4.06. The Labute approximate surface area is 117 Å². The molecule has 0 amide bonds. The number of nitrogens with zero attached hydrogens (tertiary/aromatic N) is 3. The Kier molecular flexibility index (Phi) is 3.06. The second kappa shape index (κ2) is 4.89. The Morgan fingerprint density at radius 3 is 2.70 bits per heavy atom. The molecule has 0 saturated heterocycles. The van der Waals surface area contributed by atoms with Crippen molar-refractivity contribution in [1.82, 2.24) is 15.0 Å². The molecular formula is C16H16N4. The smallest absolute Gasteiger partial charge is 0.161 e. The number of benzene rings is 1. The van der Waals surface area contributed by atoms with Gasteiger partial charge in [0.05, 0.1) is 5.52 Å². The average Bonchev–Trinajstić information content (AvgIpc) is 2.49. The number of rotatable bonds is 2. The lowest BCUT2D eigenvalue weighted by Gasteiger charge is -2.10. The van der Waals surface area contributed by atoms with Crippen LogP contribution in [0.25, 0.3) is 22.3 Å². The molecule has 0 bridgehead atoms. The van der Waals surface area contributed by atoms with Gasteiger partial charge in [0.2, 0.25) is 0 Å². The van der Waals surface area contributed by atoms with E-state index in [0.717, 1.165) is 39.4 Å². The van der Waals surface area contributed by atoms with Gasteiger partial charge in [-0.3, -0.25) is 4.98 Å². The van der Waals surface area contributed by atoms with Gasteiger partial charge in [-0.2, -0.15) is 0 Å². The molecule has 4 heteroatoms. The number of fused-ring (bicyclic) bond motifs is 1. The normalized spacial score (nSPS) is 10.8. The van der Waals surface area contributed by atoms with Gasteiger partial charge < -0.3 is 5.32 Å². The van der Waals surface area contributed by atoms with E-state index in [1.54, 1.807) is 6.20 Å². The maximum absolute atomic E-state index is 4.59. The van der Waals surface area contributed by atoms with E-state index in [1.807, 2.05) is 45.2 Å². The number of aryl methyl sites for hydroxylation is 1. The fourth-order valence-corrected chi connectivity index (χ4v) is 2.22. The van der Waals surface area contributed by atoms with Gasteiger partial charge in [-0.25, -0.2) is 9.97 Å². The molecule has 100 valence electrons. The Bertz CT molecular complexity index is 781. The molecule has 20 heavy (non-hydrogen) atoms. The minimum Gasteiger partial charge on any atom is -0.373 e. The highest BCUT2D eigenvalue weighted by Gasteiger charge is 2.09. The summed E-state index contributed by atoms with van der Waals surface area (Å²) in [6.07, 6.45) is 1.80. The topological polar surface area (TPSA) is 50.7 Å². The number of nitrogens with one attached hydrogen (secondary N) is 1. The quantitative estimate of drug-likeness (QED) is 0.771. The zero-order chi connectivity index (χ0) is 14.1. The van der Waals surface area contributed by atoms with E-state index in [2.05, 4.69) is 26.3 Å². The van der Waals surface area contributed by atoms with Crippen LogP contribution in [0.3, 0.4) is 0 Å². The molecule has 2 heterocycles. The number of aromatic nitrogens is 3. The van der Waals surface area contributed by atoms with Crippen LogP contribution in [0.1, 0.15) is 11.3 Å². The minimum absolute atomic E-state index is 0.739. The first-order valence-electron chi connectivity index (χ1n) is 6.57. The summed E-state index contributed by atoms with van der Waals surface area (Å²) >= 11 is 0. The van der Waals surface area contributed by atoms with Crippen molar-refractivity contribution in [2.24, 2.45) is 0 Å². The SMILES string of the molecule is CNc1nc(-c2ccc3ncccc3c2)nc(C)c1C. The van der Waals surface area contributed by atoms with Crippen LogP contribution in [0.2, 0.25) is 0 Å². The first-order chi connectivity index (χ1) is 9.69. The van der Waals surface area contributed by atoms with Gasteiger partial charge in [-0.1, -0.05) is 6.07 Å². The van der Waals surface area contributed by atoms with Crippen molar-refractivity contribution in [2.75, 3.05) is 12.4 Å². The van der Waals surface area contributed by atoms with Gasteiger partial charge in [0, 0.05) is 35.5 Å². The number of anilines is 1. The van der Waals surface area contributed by atoms with Crippen LogP contribution in [0.5, 0.6) is 0 Å². The van der Waals surface area contributed by atoms with Gasteiger partial charge in [0.25, 0.3) is 0 Å². The fourth-order valence-electron chi connectivity index (χ4n) is 2.22. The van der Waals surface area contributed by atoms with E-state index >= 15 is 0 Å². The molecule has 3 aromatic rings. The third-order valence-corrected chi connectivity index (χ3v) is 3.49. The van der Waals surface area contributed by atoms with E-state index in [-0.39, 0.29) is 0 Å². The summed E-state index contributed by atoms with van der Waals surface area (Å²) in [6, 6.07) is 10.1. The van der Waals surface area contributed by atoms with Gasteiger partial charge >= 0.3 is 0 Å². The third kappa shape index (κ3) is 2.09. The molecule has 3 rings (SSSR count). The van der Waals surface area contributed by atoms with Crippen molar-refractivity contribution in [3.05, 3.63) is 47.8 Å². The van der Waals surface area contributed by atoms with Gasteiger partial charge in [-0.05, 0) is 38.1 Å². The second-order valence-corrected chi connectivity index (χ2v) is 4.77. The molecule has 0 spiro atoms. The van der Waals surface area contributed by atoms with E-state index in [4.69, 9.17) is 0 Å². The number of pyridine rings is 1. The van der Waals surface area contributed by atoms with Crippen LogP contribution in [0, 0.1) is 13.8 Å². The van der Waals surface area contributed by atoms with Crippen LogP contribution in [-0.4, -0.2) is 22.0 Å². The Morgan fingerprint density at radius 2 is 1.90 bits per heavy atom. The Hall–Kier alpha value is -2.49. The van der Waals surface area contributed by atoms with E-state index in [9.17, 15) is 0 Å². The summed E-state index contributed by atoms with van der Waals surface area (Å²) in [7, 11) is 1.88. The molecule has 0 unspecified atom stereocenters. The molecule has 4 nitrogen and oxygen atoms in total. The molecule has 1 N–H and O–H groups in total. The molecule has 0 atom stereocenters. The minimum atomic E-state index is 0.739. The first kappa shape index (κ1) is 12.5. The van der Waals surface area contributed by atoms with Gasteiger partial charge in [0.1, 0.15) is 5.82 Å². The van der Waals surface area contributed by atoms with E-state index in [0.29, 0.717) is 0 Å². The lowest BCUT2D eigenvalue weighted by molar-refractivity contribution is 1.07. The highest BCUT2D eigenvalue weighted by Crippen LogP contribution is 2.24. The molecule has 0 fully saturated rings. The summed E-state index contributed by atoms with van der Waals surface area (Å²) < 4.78 is 0. The highest BCUT2D eigenvalue weighted by molar-refractivity contribution is 5.83. The summed E-state index contributed by atoms with van der Waals surface area (Å²) in [5.74, 6) is 1.61. The van der Waals surface area contributed by atoms with Crippen molar-refractivity contribution in [3.63, 3.8) is 0 Å². The van der Waals surface area contributed by atoms with Crippen LogP contribution in [0.4, 0.5) is 5.82 Å². The zero-order valence-electron chi connectivity index (χ0n) is 11.8. The average molecular weight is 264 g/mol.